The molecule has 2 N–H and O–H groups in total. The van der Waals surface area contributed by atoms with Gasteiger partial charge in [0.1, 0.15) is 5.75 Å². The number of carbonyl (C=O) groups is 3. The first-order valence-corrected chi connectivity index (χ1v) is 10.8. The van der Waals surface area contributed by atoms with Gasteiger partial charge in [0.2, 0.25) is 0 Å². The van der Waals surface area contributed by atoms with Crippen molar-refractivity contribution in [3.63, 3.8) is 0 Å². The van der Waals surface area contributed by atoms with Gasteiger partial charge < -0.3 is 19.5 Å². The lowest BCUT2D eigenvalue weighted by Gasteiger charge is -2.10. The number of hydrogen-bond donors (Lipinski definition) is 2. The lowest BCUT2D eigenvalue weighted by Crippen LogP contribution is -2.32. The first kappa shape index (κ1) is 26.3. The van der Waals surface area contributed by atoms with Crippen molar-refractivity contribution in [2.45, 2.75) is 6.92 Å². The van der Waals surface area contributed by atoms with Gasteiger partial charge in [0.25, 0.3) is 5.69 Å². The van der Waals surface area contributed by atoms with Crippen LogP contribution in [-0.2, 0) is 9.59 Å². The van der Waals surface area contributed by atoms with Gasteiger partial charge in [0.15, 0.2) is 11.5 Å². The van der Waals surface area contributed by atoms with Crippen molar-refractivity contribution < 1.29 is 33.5 Å². The monoisotopic (exact) mass is 506 g/mol. The number of benzene rings is 3. The summed E-state index contributed by atoms with van der Waals surface area (Å²) in [6.07, 6.45) is 1.27. The lowest BCUT2D eigenvalue weighted by atomic mass is 10.2. The molecule has 0 aromatic heterocycles. The average Bonchev–Trinajstić information content (AvgIpc) is 2.90. The van der Waals surface area contributed by atoms with Crippen molar-refractivity contribution in [3.05, 3.63) is 88.0 Å². The Morgan fingerprint density at radius 3 is 2.30 bits per heavy atom. The van der Waals surface area contributed by atoms with E-state index in [2.05, 4.69) is 15.8 Å². The maximum absolute atomic E-state index is 12.4. The number of ether oxygens (including phenoxy) is 3. The number of nitro benzene ring substituents is 1. The van der Waals surface area contributed by atoms with E-state index in [1.807, 2.05) is 6.92 Å². The Bertz CT molecular complexity index is 1320. The van der Waals surface area contributed by atoms with Gasteiger partial charge in [-0.2, -0.15) is 5.10 Å². The molecule has 0 aliphatic heterocycles. The Kier molecular flexibility index (Phi) is 8.86. The molecule has 0 saturated heterocycles. The van der Waals surface area contributed by atoms with E-state index in [0.717, 1.165) is 0 Å². The number of amides is 2. The highest BCUT2D eigenvalue weighted by molar-refractivity contribution is 6.39. The molecule has 3 rings (SSSR count). The lowest BCUT2D eigenvalue weighted by molar-refractivity contribution is -0.384. The van der Waals surface area contributed by atoms with Crippen molar-refractivity contribution in [2.24, 2.45) is 5.10 Å². The Morgan fingerprint density at radius 2 is 1.68 bits per heavy atom. The predicted octanol–water partition coefficient (Wildman–Crippen LogP) is 3.31. The van der Waals surface area contributed by atoms with Gasteiger partial charge in [-0.15, -0.1) is 0 Å². The summed E-state index contributed by atoms with van der Waals surface area (Å²) in [7, 11) is 1.37. The molecular formula is C25H22N4O8. The summed E-state index contributed by atoms with van der Waals surface area (Å²) in [4.78, 5) is 46.6. The zero-order chi connectivity index (χ0) is 26.8. The minimum Gasteiger partial charge on any atom is -0.494 e. The molecule has 12 nitrogen and oxygen atoms in total. The number of carbonyl (C=O) groups excluding carboxylic acids is 3. The highest BCUT2D eigenvalue weighted by atomic mass is 16.6. The number of methoxy groups -OCH3 is 1. The third-order valence-electron chi connectivity index (χ3n) is 4.71. The number of nitrogens with zero attached hydrogens (tertiary/aromatic N) is 2. The van der Waals surface area contributed by atoms with Crippen molar-refractivity contribution >= 4 is 35.4 Å². The zero-order valence-corrected chi connectivity index (χ0v) is 19.8. The number of anilines is 1. The number of non-ortho nitro benzene ring substituents is 1. The average molecular weight is 506 g/mol. The summed E-state index contributed by atoms with van der Waals surface area (Å²) >= 11 is 0. The van der Waals surface area contributed by atoms with E-state index in [0.29, 0.717) is 23.6 Å². The van der Waals surface area contributed by atoms with Crippen LogP contribution in [0.2, 0.25) is 0 Å². The molecule has 0 unspecified atom stereocenters. The van der Waals surface area contributed by atoms with E-state index < -0.39 is 22.7 Å². The van der Waals surface area contributed by atoms with Gasteiger partial charge in [0.05, 0.1) is 30.4 Å². The summed E-state index contributed by atoms with van der Waals surface area (Å²) in [6, 6.07) is 16.0. The van der Waals surface area contributed by atoms with Crippen LogP contribution in [-0.4, -0.2) is 42.6 Å². The summed E-state index contributed by atoms with van der Waals surface area (Å²) < 4.78 is 15.9. The van der Waals surface area contributed by atoms with Gasteiger partial charge in [-0.05, 0) is 67.1 Å². The highest BCUT2D eigenvalue weighted by Gasteiger charge is 2.15. The van der Waals surface area contributed by atoms with Crippen LogP contribution < -0.4 is 25.0 Å². The normalized spacial score (nSPS) is 10.4. The van der Waals surface area contributed by atoms with Gasteiger partial charge >= 0.3 is 17.8 Å². The van der Waals surface area contributed by atoms with Gasteiger partial charge in [0, 0.05) is 17.8 Å². The summed E-state index contributed by atoms with van der Waals surface area (Å²) in [5.41, 5.74) is 2.97. The smallest absolute Gasteiger partial charge is 0.343 e. The molecule has 0 aliphatic carbocycles. The second-order valence-corrected chi connectivity index (χ2v) is 7.21. The molecule has 0 spiro atoms. The molecule has 12 heteroatoms. The fourth-order valence-corrected chi connectivity index (χ4v) is 2.93. The summed E-state index contributed by atoms with van der Waals surface area (Å²) in [5.74, 6) is -1.70. The topological polar surface area (TPSA) is 158 Å². The number of esters is 1. The molecule has 37 heavy (non-hydrogen) atoms. The Hall–Kier alpha value is -5.26. The van der Waals surface area contributed by atoms with Gasteiger partial charge in [-0.1, -0.05) is 0 Å². The van der Waals surface area contributed by atoms with Gasteiger partial charge in [-0.3, -0.25) is 19.7 Å². The van der Waals surface area contributed by atoms with Crippen LogP contribution in [0.1, 0.15) is 22.8 Å². The van der Waals surface area contributed by atoms with Crippen LogP contribution in [0.3, 0.4) is 0 Å². The number of hydrazone groups is 1. The molecule has 3 aromatic carbocycles. The van der Waals surface area contributed by atoms with Crippen LogP contribution in [0.15, 0.2) is 71.8 Å². The number of rotatable bonds is 9. The van der Waals surface area contributed by atoms with E-state index in [9.17, 15) is 24.5 Å². The van der Waals surface area contributed by atoms with Crippen molar-refractivity contribution in [2.75, 3.05) is 19.0 Å². The standard InChI is InChI=1S/C25H22N4O8/c1-3-36-20-11-7-18(8-12-20)27-23(30)24(31)28-26-15-16-4-13-21(22(14-16)35-2)37-25(32)17-5-9-19(10-6-17)29(33)34/h4-15H,3H2,1-2H3,(H,27,30)(H,28,31)/b26-15+. The Balaban J connectivity index is 1.57. The third-order valence-corrected chi connectivity index (χ3v) is 4.71. The van der Waals surface area contributed by atoms with E-state index in [1.165, 1.54) is 55.8 Å². The van der Waals surface area contributed by atoms with E-state index in [4.69, 9.17) is 14.2 Å². The zero-order valence-electron chi connectivity index (χ0n) is 19.8. The van der Waals surface area contributed by atoms with Crippen LogP contribution in [0.25, 0.3) is 0 Å². The van der Waals surface area contributed by atoms with E-state index in [1.54, 1.807) is 24.3 Å². The fraction of sp³-hybridized carbons (Fsp3) is 0.120. The van der Waals surface area contributed by atoms with Crippen LogP contribution in [0.4, 0.5) is 11.4 Å². The number of nitro groups is 1. The van der Waals surface area contributed by atoms with Gasteiger partial charge in [-0.25, -0.2) is 10.2 Å². The van der Waals surface area contributed by atoms with Crippen molar-refractivity contribution in [3.8, 4) is 17.2 Å². The molecule has 2 amide bonds. The third kappa shape index (κ3) is 7.36. The second-order valence-electron chi connectivity index (χ2n) is 7.21. The maximum atomic E-state index is 12.4. The molecule has 0 fully saturated rings. The molecule has 0 saturated carbocycles. The molecule has 0 heterocycles. The van der Waals surface area contributed by atoms with E-state index >= 15 is 0 Å². The molecule has 0 atom stereocenters. The maximum Gasteiger partial charge on any atom is 0.343 e. The molecule has 0 aliphatic rings. The first-order chi connectivity index (χ1) is 17.8. The largest absolute Gasteiger partial charge is 0.494 e. The minimum atomic E-state index is -0.981. The second kappa shape index (κ2) is 12.4. The number of hydrogen-bond acceptors (Lipinski definition) is 9. The van der Waals surface area contributed by atoms with Crippen LogP contribution >= 0.6 is 0 Å². The Morgan fingerprint density at radius 1 is 0.973 bits per heavy atom. The van der Waals surface area contributed by atoms with E-state index in [-0.39, 0.29) is 22.7 Å². The minimum absolute atomic E-state index is 0.0989. The highest BCUT2D eigenvalue weighted by Crippen LogP contribution is 2.28. The number of nitrogens with one attached hydrogen (secondary N) is 2. The summed E-state index contributed by atoms with van der Waals surface area (Å²) in [6.45, 7) is 2.36. The van der Waals surface area contributed by atoms with Crippen LogP contribution in [0.5, 0.6) is 17.2 Å². The molecule has 190 valence electrons. The Labute approximate surface area is 211 Å². The van der Waals surface area contributed by atoms with Crippen molar-refractivity contribution in [1.29, 1.82) is 0 Å². The quantitative estimate of drug-likeness (QED) is 0.112. The molecule has 0 radical (unpaired) electrons. The van der Waals surface area contributed by atoms with Crippen molar-refractivity contribution in [1.82, 2.24) is 5.43 Å². The predicted molar refractivity (Wildman–Crippen MR) is 133 cm³/mol. The fourth-order valence-electron chi connectivity index (χ4n) is 2.93. The first-order valence-electron chi connectivity index (χ1n) is 10.8. The summed E-state index contributed by atoms with van der Waals surface area (Å²) in [5, 5.41) is 17.0. The molecule has 3 aromatic rings. The SMILES string of the molecule is CCOc1ccc(NC(=O)C(=O)N/N=C/c2ccc(OC(=O)c3ccc([N+](=O)[O-])cc3)c(OC)c2)cc1. The molecule has 0 bridgehead atoms. The molecular weight excluding hydrogens is 484 g/mol. The van der Waals surface area contributed by atoms with Crippen LogP contribution in [0, 0.1) is 10.1 Å².